The van der Waals surface area contributed by atoms with Crippen molar-refractivity contribution in [2.75, 3.05) is 32.1 Å². The SMILES string of the molecule is CCN(C(=O)CN(C)C(=O)/C=C/c1cccc(OC)c1)c1ccccc1. The highest BCUT2D eigenvalue weighted by atomic mass is 16.5. The van der Waals surface area contributed by atoms with Gasteiger partial charge < -0.3 is 14.5 Å². The molecule has 136 valence electrons. The molecule has 26 heavy (non-hydrogen) atoms. The van der Waals surface area contributed by atoms with Crippen LogP contribution in [-0.4, -0.2) is 44.0 Å². The molecule has 0 saturated heterocycles. The van der Waals surface area contributed by atoms with Gasteiger partial charge in [0.25, 0.3) is 0 Å². The van der Waals surface area contributed by atoms with E-state index in [0.717, 1.165) is 17.0 Å². The molecule has 0 aromatic heterocycles. The molecule has 0 radical (unpaired) electrons. The van der Waals surface area contributed by atoms with Crippen LogP contribution in [0.4, 0.5) is 5.69 Å². The second kappa shape index (κ2) is 9.42. The lowest BCUT2D eigenvalue weighted by Gasteiger charge is -2.24. The van der Waals surface area contributed by atoms with E-state index < -0.39 is 0 Å². The topological polar surface area (TPSA) is 49.9 Å². The Morgan fingerprint density at radius 1 is 1.08 bits per heavy atom. The molecule has 0 spiro atoms. The van der Waals surface area contributed by atoms with Crippen LogP contribution in [0.3, 0.4) is 0 Å². The number of ether oxygens (including phenoxy) is 1. The Kier molecular flexibility index (Phi) is 6.97. The predicted molar refractivity (Wildman–Crippen MR) is 104 cm³/mol. The summed E-state index contributed by atoms with van der Waals surface area (Å²) in [4.78, 5) is 27.9. The number of methoxy groups -OCH3 is 1. The Morgan fingerprint density at radius 3 is 2.46 bits per heavy atom. The van der Waals surface area contributed by atoms with Crippen molar-refractivity contribution >= 4 is 23.6 Å². The zero-order chi connectivity index (χ0) is 18.9. The van der Waals surface area contributed by atoms with E-state index in [-0.39, 0.29) is 18.4 Å². The third-order valence-electron chi connectivity index (χ3n) is 3.95. The van der Waals surface area contributed by atoms with Crippen LogP contribution in [0.1, 0.15) is 12.5 Å². The lowest BCUT2D eigenvalue weighted by atomic mass is 10.2. The lowest BCUT2D eigenvalue weighted by molar-refractivity contribution is -0.130. The summed E-state index contributed by atoms with van der Waals surface area (Å²) in [6.07, 6.45) is 3.17. The lowest BCUT2D eigenvalue weighted by Crippen LogP contribution is -2.40. The molecule has 2 aromatic rings. The van der Waals surface area contributed by atoms with Gasteiger partial charge in [0.1, 0.15) is 12.3 Å². The number of likely N-dealkylation sites (N-methyl/N-ethyl adjacent to an activating group) is 2. The third kappa shape index (κ3) is 5.21. The van der Waals surface area contributed by atoms with Crippen LogP contribution < -0.4 is 9.64 Å². The van der Waals surface area contributed by atoms with Crippen molar-refractivity contribution in [1.82, 2.24) is 4.90 Å². The Labute approximate surface area is 154 Å². The van der Waals surface area contributed by atoms with Crippen LogP contribution in [0.2, 0.25) is 0 Å². The summed E-state index contributed by atoms with van der Waals surface area (Å²) < 4.78 is 5.16. The molecular weight excluding hydrogens is 328 g/mol. The molecular formula is C21H24N2O3. The number of carbonyl (C=O) groups excluding carboxylic acids is 2. The molecule has 0 aliphatic rings. The molecule has 0 atom stereocenters. The first-order chi connectivity index (χ1) is 12.5. The van der Waals surface area contributed by atoms with Crippen LogP contribution in [0.25, 0.3) is 6.08 Å². The number of amides is 2. The maximum atomic E-state index is 12.5. The first-order valence-corrected chi connectivity index (χ1v) is 8.47. The smallest absolute Gasteiger partial charge is 0.246 e. The van der Waals surface area contributed by atoms with Crippen molar-refractivity contribution in [3.8, 4) is 5.75 Å². The van der Waals surface area contributed by atoms with E-state index in [9.17, 15) is 9.59 Å². The quantitative estimate of drug-likeness (QED) is 0.719. The van der Waals surface area contributed by atoms with Crippen LogP contribution in [0.5, 0.6) is 5.75 Å². The second-order valence-corrected chi connectivity index (χ2v) is 5.78. The van der Waals surface area contributed by atoms with Gasteiger partial charge in [-0.15, -0.1) is 0 Å². The molecule has 0 heterocycles. The minimum atomic E-state index is -0.231. The molecule has 5 nitrogen and oxygen atoms in total. The number of nitrogens with zero attached hydrogens (tertiary/aromatic N) is 2. The first-order valence-electron chi connectivity index (χ1n) is 8.47. The van der Waals surface area contributed by atoms with Gasteiger partial charge in [0.05, 0.1) is 7.11 Å². The number of para-hydroxylation sites is 1. The zero-order valence-corrected chi connectivity index (χ0v) is 15.4. The van der Waals surface area contributed by atoms with Crippen molar-refractivity contribution < 1.29 is 14.3 Å². The van der Waals surface area contributed by atoms with Crippen LogP contribution in [0.15, 0.2) is 60.7 Å². The van der Waals surface area contributed by atoms with Crippen LogP contribution >= 0.6 is 0 Å². The van der Waals surface area contributed by atoms with Crippen molar-refractivity contribution in [1.29, 1.82) is 0 Å². The van der Waals surface area contributed by atoms with Gasteiger partial charge in [-0.2, -0.15) is 0 Å². The summed E-state index contributed by atoms with van der Waals surface area (Å²) in [6.45, 7) is 2.48. The maximum Gasteiger partial charge on any atom is 0.246 e. The van der Waals surface area contributed by atoms with Gasteiger partial charge in [-0.05, 0) is 42.8 Å². The van der Waals surface area contributed by atoms with Crippen molar-refractivity contribution in [2.45, 2.75) is 6.92 Å². The Bertz CT molecular complexity index is 772. The number of hydrogen-bond donors (Lipinski definition) is 0. The minimum absolute atomic E-state index is 0.0179. The molecule has 5 heteroatoms. The maximum absolute atomic E-state index is 12.5. The van der Waals surface area contributed by atoms with E-state index in [1.165, 1.54) is 11.0 Å². The van der Waals surface area contributed by atoms with Gasteiger partial charge in [-0.3, -0.25) is 9.59 Å². The zero-order valence-electron chi connectivity index (χ0n) is 15.4. The summed E-state index contributed by atoms with van der Waals surface area (Å²) in [6, 6.07) is 16.9. The molecule has 0 aliphatic heterocycles. The first kappa shape index (κ1) is 19.2. The van der Waals surface area contributed by atoms with E-state index in [0.29, 0.717) is 6.54 Å². The van der Waals surface area contributed by atoms with Crippen molar-refractivity contribution in [2.24, 2.45) is 0 Å². The number of rotatable bonds is 7. The molecule has 0 unspecified atom stereocenters. The van der Waals surface area contributed by atoms with Crippen molar-refractivity contribution in [3.05, 3.63) is 66.2 Å². The monoisotopic (exact) mass is 352 g/mol. The number of hydrogen-bond acceptors (Lipinski definition) is 3. The molecule has 0 saturated carbocycles. The molecule has 0 N–H and O–H groups in total. The van der Waals surface area contributed by atoms with E-state index in [2.05, 4.69) is 0 Å². The number of anilines is 1. The van der Waals surface area contributed by atoms with E-state index in [1.807, 2.05) is 61.5 Å². The fourth-order valence-corrected chi connectivity index (χ4v) is 2.52. The van der Waals surface area contributed by atoms with E-state index in [1.54, 1.807) is 25.1 Å². The third-order valence-corrected chi connectivity index (χ3v) is 3.95. The van der Waals surface area contributed by atoms with Gasteiger partial charge in [0.2, 0.25) is 11.8 Å². The predicted octanol–water partition coefficient (Wildman–Crippen LogP) is 3.22. The number of carbonyl (C=O) groups is 2. The highest BCUT2D eigenvalue weighted by Crippen LogP contribution is 2.15. The fourth-order valence-electron chi connectivity index (χ4n) is 2.52. The van der Waals surface area contributed by atoms with Gasteiger partial charge in [0.15, 0.2) is 0 Å². The second-order valence-electron chi connectivity index (χ2n) is 5.78. The summed E-state index contributed by atoms with van der Waals surface area (Å²) in [5.74, 6) is 0.374. The molecule has 2 aromatic carbocycles. The van der Waals surface area contributed by atoms with Gasteiger partial charge >= 0.3 is 0 Å². The highest BCUT2D eigenvalue weighted by Gasteiger charge is 2.17. The fraction of sp³-hybridized carbons (Fsp3) is 0.238. The van der Waals surface area contributed by atoms with Gasteiger partial charge in [-0.25, -0.2) is 0 Å². The molecule has 2 amide bonds. The van der Waals surface area contributed by atoms with Crippen LogP contribution in [0, 0.1) is 0 Å². The Hall–Kier alpha value is -3.08. The standard InChI is InChI=1S/C21H24N2O3/c1-4-23(18-10-6-5-7-11-18)21(25)16-22(2)20(24)14-13-17-9-8-12-19(15-17)26-3/h5-15H,4,16H2,1-3H3/b14-13+. The van der Waals surface area contributed by atoms with E-state index >= 15 is 0 Å². The molecule has 0 fully saturated rings. The average Bonchev–Trinajstić information content (AvgIpc) is 2.67. The Balaban J connectivity index is 1.99. The number of benzene rings is 2. The summed E-state index contributed by atoms with van der Waals surface area (Å²) in [5, 5.41) is 0. The molecule has 2 rings (SSSR count). The Morgan fingerprint density at radius 2 is 1.81 bits per heavy atom. The normalized spacial score (nSPS) is 10.6. The van der Waals surface area contributed by atoms with E-state index in [4.69, 9.17) is 4.74 Å². The van der Waals surface area contributed by atoms with Gasteiger partial charge in [-0.1, -0.05) is 30.3 Å². The summed E-state index contributed by atoms with van der Waals surface area (Å²) in [5.41, 5.74) is 1.68. The minimum Gasteiger partial charge on any atom is -0.497 e. The largest absolute Gasteiger partial charge is 0.497 e. The van der Waals surface area contributed by atoms with Gasteiger partial charge in [0, 0.05) is 25.4 Å². The average molecular weight is 352 g/mol. The highest BCUT2D eigenvalue weighted by molar-refractivity contribution is 5.99. The summed E-state index contributed by atoms with van der Waals surface area (Å²) >= 11 is 0. The van der Waals surface area contributed by atoms with Crippen molar-refractivity contribution in [3.63, 3.8) is 0 Å². The summed E-state index contributed by atoms with van der Waals surface area (Å²) in [7, 11) is 3.22. The van der Waals surface area contributed by atoms with Crippen LogP contribution in [-0.2, 0) is 9.59 Å². The molecule has 0 bridgehead atoms. The molecule has 0 aliphatic carbocycles.